The van der Waals surface area contributed by atoms with Crippen LogP contribution in [0.3, 0.4) is 0 Å². The van der Waals surface area contributed by atoms with Crippen molar-refractivity contribution in [2.75, 3.05) is 37.7 Å². The molecule has 1 aliphatic rings. The molecule has 1 fully saturated rings. The second-order valence-corrected chi connectivity index (χ2v) is 5.03. The van der Waals surface area contributed by atoms with Crippen molar-refractivity contribution in [2.24, 2.45) is 0 Å². The number of rotatable bonds is 4. The number of nitrogens with one attached hydrogen (secondary N) is 2. The number of nitrogens with zero attached hydrogens (tertiary/aromatic N) is 3. The lowest BCUT2D eigenvalue weighted by Gasteiger charge is -2.29. The number of piperazine rings is 1. The summed E-state index contributed by atoms with van der Waals surface area (Å²) in [6.45, 7) is 6.07. The lowest BCUT2D eigenvalue weighted by molar-refractivity contribution is 0.0520. The van der Waals surface area contributed by atoms with E-state index in [0.29, 0.717) is 12.3 Å². The molecule has 0 atom stereocenters. The Hall–Kier alpha value is -2.41. The van der Waals surface area contributed by atoms with E-state index in [0.717, 1.165) is 31.7 Å². The van der Waals surface area contributed by atoms with E-state index in [2.05, 4.69) is 25.6 Å². The number of esters is 1. The summed E-state index contributed by atoms with van der Waals surface area (Å²) < 4.78 is 4.99. The maximum Gasteiger partial charge on any atom is 0.361 e. The van der Waals surface area contributed by atoms with Crippen LogP contribution in [0, 0.1) is 0 Å². The largest absolute Gasteiger partial charge is 0.461 e. The zero-order chi connectivity index (χ0) is 15.4. The average molecular weight is 301 g/mol. The summed E-state index contributed by atoms with van der Waals surface area (Å²) in [5.41, 5.74) is 2.75. The summed E-state index contributed by atoms with van der Waals surface area (Å²) in [5, 5.41) is 13.8. The van der Waals surface area contributed by atoms with Crippen LogP contribution in [0.4, 0.5) is 5.69 Å². The molecule has 0 spiro atoms. The van der Waals surface area contributed by atoms with E-state index >= 15 is 0 Å². The third-order valence-corrected chi connectivity index (χ3v) is 3.64. The summed E-state index contributed by atoms with van der Waals surface area (Å²) in [4.78, 5) is 14.2. The van der Waals surface area contributed by atoms with E-state index in [1.54, 1.807) is 6.92 Å². The lowest BCUT2D eigenvalue weighted by atomic mass is 10.1. The molecule has 7 heteroatoms. The molecule has 3 rings (SSSR count). The zero-order valence-corrected chi connectivity index (χ0v) is 12.5. The van der Waals surface area contributed by atoms with Crippen molar-refractivity contribution in [1.82, 2.24) is 20.7 Å². The zero-order valence-electron chi connectivity index (χ0n) is 12.5. The van der Waals surface area contributed by atoms with Gasteiger partial charge in [0.05, 0.1) is 6.61 Å². The van der Waals surface area contributed by atoms with Crippen molar-refractivity contribution < 1.29 is 9.53 Å². The van der Waals surface area contributed by atoms with Gasteiger partial charge < -0.3 is 15.0 Å². The molecule has 2 N–H and O–H groups in total. The average Bonchev–Trinajstić information content (AvgIpc) is 3.06. The van der Waals surface area contributed by atoms with Crippen LogP contribution in [-0.4, -0.2) is 54.2 Å². The van der Waals surface area contributed by atoms with E-state index in [1.165, 1.54) is 5.69 Å². The van der Waals surface area contributed by atoms with E-state index < -0.39 is 5.97 Å². The van der Waals surface area contributed by atoms with Crippen molar-refractivity contribution in [1.29, 1.82) is 0 Å². The van der Waals surface area contributed by atoms with Gasteiger partial charge >= 0.3 is 5.97 Å². The number of carbonyl (C=O) groups is 1. The third-order valence-electron chi connectivity index (χ3n) is 3.64. The van der Waals surface area contributed by atoms with E-state index in [-0.39, 0.29) is 5.69 Å². The summed E-state index contributed by atoms with van der Waals surface area (Å²) >= 11 is 0. The summed E-state index contributed by atoms with van der Waals surface area (Å²) in [6, 6.07) is 8.00. The number of hydrogen-bond acceptors (Lipinski definition) is 6. The van der Waals surface area contributed by atoms with Gasteiger partial charge in [-0.2, -0.15) is 10.3 Å². The fraction of sp³-hybridized carbons (Fsp3) is 0.400. The highest BCUT2D eigenvalue weighted by atomic mass is 16.5. The Kier molecular flexibility index (Phi) is 4.34. The highest BCUT2D eigenvalue weighted by Crippen LogP contribution is 2.24. The molecule has 0 bridgehead atoms. The molecule has 0 amide bonds. The molecular weight excluding hydrogens is 282 g/mol. The van der Waals surface area contributed by atoms with Gasteiger partial charge in [0.25, 0.3) is 0 Å². The maximum absolute atomic E-state index is 11.9. The fourth-order valence-electron chi connectivity index (χ4n) is 2.53. The number of ether oxygens (including phenoxy) is 1. The van der Waals surface area contributed by atoms with Crippen molar-refractivity contribution >= 4 is 11.7 Å². The molecule has 1 aliphatic heterocycles. The summed E-state index contributed by atoms with van der Waals surface area (Å²) in [6.07, 6.45) is 0. The minimum Gasteiger partial charge on any atom is -0.461 e. The Morgan fingerprint density at radius 3 is 2.64 bits per heavy atom. The minimum atomic E-state index is -0.461. The lowest BCUT2D eigenvalue weighted by Crippen LogP contribution is -2.43. The molecule has 0 saturated carbocycles. The first-order valence-corrected chi connectivity index (χ1v) is 7.43. The molecule has 0 unspecified atom stereocenters. The predicted molar refractivity (Wildman–Crippen MR) is 82.9 cm³/mol. The highest BCUT2D eigenvalue weighted by molar-refractivity contribution is 5.93. The number of benzene rings is 1. The molecule has 0 radical (unpaired) electrons. The molecule has 1 saturated heterocycles. The van der Waals surface area contributed by atoms with Crippen LogP contribution in [0.15, 0.2) is 24.3 Å². The van der Waals surface area contributed by atoms with E-state index in [9.17, 15) is 4.79 Å². The second-order valence-electron chi connectivity index (χ2n) is 5.03. The van der Waals surface area contributed by atoms with Gasteiger partial charge in [0.1, 0.15) is 5.69 Å². The number of aromatic amines is 1. The van der Waals surface area contributed by atoms with Crippen molar-refractivity contribution in [3.63, 3.8) is 0 Å². The predicted octanol–water partition coefficient (Wildman–Crippen LogP) is 1.06. The third kappa shape index (κ3) is 2.94. The van der Waals surface area contributed by atoms with Gasteiger partial charge in [-0.15, -0.1) is 5.10 Å². The Balaban J connectivity index is 1.81. The maximum atomic E-state index is 11.9. The first-order valence-electron chi connectivity index (χ1n) is 7.43. The van der Waals surface area contributed by atoms with Gasteiger partial charge in [-0.25, -0.2) is 4.79 Å². The molecule has 116 valence electrons. The van der Waals surface area contributed by atoms with Crippen molar-refractivity contribution in [3.8, 4) is 11.3 Å². The van der Waals surface area contributed by atoms with Crippen LogP contribution in [0.25, 0.3) is 11.3 Å². The molecular formula is C15H19N5O2. The number of hydrogen-bond donors (Lipinski definition) is 2. The van der Waals surface area contributed by atoms with Crippen LogP contribution in [0.2, 0.25) is 0 Å². The smallest absolute Gasteiger partial charge is 0.361 e. The van der Waals surface area contributed by atoms with Gasteiger partial charge in [-0.1, -0.05) is 12.1 Å². The van der Waals surface area contributed by atoms with Gasteiger partial charge in [0.2, 0.25) is 0 Å². The number of carbonyl (C=O) groups excluding carboxylic acids is 1. The normalized spacial score (nSPS) is 14.9. The standard InChI is InChI=1S/C15H19N5O2/c1-2-22-15(21)14-13(17-19-18-14)11-3-5-12(6-4-11)20-9-7-16-8-10-20/h3-6,16H,2,7-10H2,1H3,(H,17,18,19). The Morgan fingerprint density at radius 2 is 1.95 bits per heavy atom. The first kappa shape index (κ1) is 14.5. The van der Waals surface area contributed by atoms with Crippen molar-refractivity contribution in [2.45, 2.75) is 6.92 Å². The molecule has 7 nitrogen and oxygen atoms in total. The molecule has 1 aromatic carbocycles. The van der Waals surface area contributed by atoms with Crippen molar-refractivity contribution in [3.05, 3.63) is 30.0 Å². The topological polar surface area (TPSA) is 83.1 Å². The Labute approximate surface area is 128 Å². The highest BCUT2D eigenvalue weighted by Gasteiger charge is 2.19. The second kappa shape index (κ2) is 6.57. The molecule has 2 heterocycles. The van der Waals surface area contributed by atoms with Gasteiger partial charge in [-0.3, -0.25) is 0 Å². The number of H-pyrrole nitrogens is 1. The van der Waals surface area contributed by atoms with Gasteiger partial charge in [0, 0.05) is 37.4 Å². The molecule has 2 aromatic rings. The summed E-state index contributed by atoms with van der Waals surface area (Å²) in [7, 11) is 0. The van der Waals surface area contributed by atoms with Gasteiger partial charge in [-0.05, 0) is 19.1 Å². The van der Waals surface area contributed by atoms with Crippen LogP contribution in [0.1, 0.15) is 17.4 Å². The van der Waals surface area contributed by atoms with Gasteiger partial charge in [0.15, 0.2) is 5.69 Å². The molecule has 1 aromatic heterocycles. The number of aromatic nitrogens is 3. The Morgan fingerprint density at radius 1 is 1.23 bits per heavy atom. The van der Waals surface area contributed by atoms with Crippen LogP contribution < -0.4 is 10.2 Å². The van der Waals surface area contributed by atoms with Crippen LogP contribution in [-0.2, 0) is 4.74 Å². The molecule has 22 heavy (non-hydrogen) atoms. The van der Waals surface area contributed by atoms with Crippen LogP contribution in [0.5, 0.6) is 0 Å². The Bertz CT molecular complexity index is 632. The fourth-order valence-corrected chi connectivity index (χ4v) is 2.53. The number of anilines is 1. The molecule has 0 aliphatic carbocycles. The van der Waals surface area contributed by atoms with Crippen LogP contribution >= 0.6 is 0 Å². The SMILES string of the molecule is CCOC(=O)c1n[nH]nc1-c1ccc(N2CCNCC2)cc1. The van der Waals surface area contributed by atoms with E-state index in [1.807, 2.05) is 24.3 Å². The minimum absolute atomic E-state index is 0.219. The van der Waals surface area contributed by atoms with E-state index in [4.69, 9.17) is 4.74 Å². The quantitative estimate of drug-likeness (QED) is 0.822. The first-order chi connectivity index (χ1) is 10.8. The monoisotopic (exact) mass is 301 g/mol. The summed E-state index contributed by atoms with van der Waals surface area (Å²) in [5.74, 6) is -0.461.